The zero-order valence-electron chi connectivity index (χ0n) is 10.6. The Morgan fingerprint density at radius 2 is 2.12 bits per heavy atom. The molecule has 0 aliphatic carbocycles. The molecule has 5 heteroatoms. The summed E-state index contributed by atoms with van der Waals surface area (Å²) < 4.78 is 3.94. The zero-order chi connectivity index (χ0) is 11.9. The van der Waals surface area contributed by atoms with E-state index in [1.165, 1.54) is 61.7 Å². The Bertz CT molecular complexity index is 320. The first-order valence-electron chi connectivity index (χ1n) is 6.57. The van der Waals surface area contributed by atoms with Crippen LogP contribution >= 0.6 is 11.5 Å². The van der Waals surface area contributed by atoms with Crippen molar-refractivity contribution in [3.05, 3.63) is 10.6 Å². The SMILES string of the molecule is Cc1nnsc1CNCCCN1CCCCC1. The van der Waals surface area contributed by atoms with Crippen LogP contribution in [-0.2, 0) is 6.54 Å². The van der Waals surface area contributed by atoms with E-state index in [0.29, 0.717) is 0 Å². The van der Waals surface area contributed by atoms with Crippen LogP contribution in [0.15, 0.2) is 0 Å². The monoisotopic (exact) mass is 254 g/mol. The molecule has 0 amide bonds. The molecule has 96 valence electrons. The zero-order valence-corrected chi connectivity index (χ0v) is 11.4. The number of piperidine rings is 1. The summed E-state index contributed by atoms with van der Waals surface area (Å²) in [6.07, 6.45) is 5.44. The number of nitrogens with zero attached hydrogens (tertiary/aromatic N) is 3. The summed E-state index contributed by atoms with van der Waals surface area (Å²) in [4.78, 5) is 3.85. The van der Waals surface area contributed by atoms with Crippen LogP contribution in [0.1, 0.15) is 36.3 Å². The lowest BCUT2D eigenvalue weighted by atomic mass is 10.1. The van der Waals surface area contributed by atoms with Crippen LogP contribution in [0.25, 0.3) is 0 Å². The Morgan fingerprint density at radius 1 is 1.29 bits per heavy atom. The van der Waals surface area contributed by atoms with Gasteiger partial charge in [0.2, 0.25) is 0 Å². The normalized spacial score (nSPS) is 17.5. The Labute approximate surface area is 108 Å². The Balaban J connectivity index is 1.53. The van der Waals surface area contributed by atoms with Crippen molar-refractivity contribution in [2.75, 3.05) is 26.2 Å². The quantitative estimate of drug-likeness (QED) is 0.786. The number of hydrogen-bond acceptors (Lipinski definition) is 5. The third-order valence-corrected chi connectivity index (χ3v) is 4.13. The minimum Gasteiger partial charge on any atom is -0.312 e. The number of aryl methyl sites for hydroxylation is 1. The Morgan fingerprint density at radius 3 is 2.82 bits per heavy atom. The van der Waals surface area contributed by atoms with Crippen LogP contribution in [0.2, 0.25) is 0 Å². The first kappa shape index (κ1) is 12.9. The maximum absolute atomic E-state index is 4.01. The minimum absolute atomic E-state index is 0.920. The van der Waals surface area contributed by atoms with Crippen LogP contribution in [0.3, 0.4) is 0 Å². The van der Waals surface area contributed by atoms with Crippen LogP contribution in [0.5, 0.6) is 0 Å². The van der Waals surface area contributed by atoms with Crippen LogP contribution in [0.4, 0.5) is 0 Å². The maximum atomic E-state index is 4.01. The highest BCUT2D eigenvalue weighted by Gasteiger charge is 2.08. The van der Waals surface area contributed by atoms with Gasteiger partial charge in [0.25, 0.3) is 0 Å². The molecule has 2 rings (SSSR count). The van der Waals surface area contributed by atoms with Gasteiger partial charge in [-0.05, 0) is 63.9 Å². The average molecular weight is 254 g/mol. The number of nitrogens with one attached hydrogen (secondary N) is 1. The van der Waals surface area contributed by atoms with Crippen LogP contribution < -0.4 is 5.32 Å². The number of rotatable bonds is 6. The highest BCUT2D eigenvalue weighted by Crippen LogP contribution is 2.09. The van der Waals surface area contributed by atoms with E-state index < -0.39 is 0 Å². The van der Waals surface area contributed by atoms with Gasteiger partial charge in [-0.2, -0.15) is 0 Å². The third kappa shape index (κ3) is 4.33. The van der Waals surface area contributed by atoms with Gasteiger partial charge in [0.05, 0.1) is 10.6 Å². The molecular formula is C12H22N4S. The van der Waals surface area contributed by atoms with E-state index in [-0.39, 0.29) is 0 Å². The standard InChI is InChI=1S/C12H22N4S/c1-11-12(17-15-14-11)10-13-6-5-9-16-7-3-2-4-8-16/h13H,2-10H2,1H3. The lowest BCUT2D eigenvalue weighted by Gasteiger charge is -2.26. The minimum atomic E-state index is 0.920. The highest BCUT2D eigenvalue weighted by atomic mass is 32.1. The van der Waals surface area contributed by atoms with Crippen molar-refractivity contribution in [2.45, 2.75) is 39.2 Å². The fourth-order valence-corrected chi connectivity index (χ4v) is 2.83. The smallest absolute Gasteiger partial charge is 0.0769 e. The molecular weight excluding hydrogens is 232 g/mol. The number of likely N-dealkylation sites (tertiary alicyclic amines) is 1. The van der Waals surface area contributed by atoms with Gasteiger partial charge in [-0.1, -0.05) is 10.9 Å². The molecule has 4 nitrogen and oxygen atoms in total. The van der Waals surface area contributed by atoms with E-state index in [9.17, 15) is 0 Å². The lowest BCUT2D eigenvalue weighted by molar-refractivity contribution is 0.225. The average Bonchev–Trinajstić information content (AvgIpc) is 2.76. The van der Waals surface area contributed by atoms with Gasteiger partial charge in [-0.3, -0.25) is 0 Å². The molecule has 1 aromatic heterocycles. The van der Waals surface area contributed by atoms with E-state index in [2.05, 4.69) is 19.8 Å². The van der Waals surface area contributed by atoms with Gasteiger partial charge in [-0.25, -0.2) is 0 Å². The first-order valence-corrected chi connectivity index (χ1v) is 7.34. The fraction of sp³-hybridized carbons (Fsp3) is 0.833. The van der Waals surface area contributed by atoms with Crippen molar-refractivity contribution in [3.63, 3.8) is 0 Å². The van der Waals surface area contributed by atoms with Crippen molar-refractivity contribution >= 4 is 11.5 Å². The topological polar surface area (TPSA) is 41.1 Å². The van der Waals surface area contributed by atoms with E-state index >= 15 is 0 Å². The highest BCUT2D eigenvalue weighted by molar-refractivity contribution is 7.05. The molecule has 1 fully saturated rings. The summed E-state index contributed by atoms with van der Waals surface area (Å²) in [7, 11) is 0. The van der Waals surface area contributed by atoms with Gasteiger partial charge >= 0.3 is 0 Å². The largest absolute Gasteiger partial charge is 0.312 e. The van der Waals surface area contributed by atoms with Gasteiger partial charge in [0, 0.05) is 6.54 Å². The molecule has 17 heavy (non-hydrogen) atoms. The molecule has 0 saturated carbocycles. The molecule has 1 aromatic rings. The summed E-state index contributed by atoms with van der Waals surface area (Å²) in [5, 5.41) is 7.48. The van der Waals surface area contributed by atoms with Crippen molar-refractivity contribution in [2.24, 2.45) is 0 Å². The summed E-state index contributed by atoms with van der Waals surface area (Å²) in [6, 6.07) is 0. The van der Waals surface area contributed by atoms with E-state index in [4.69, 9.17) is 0 Å². The van der Waals surface area contributed by atoms with Gasteiger partial charge in [-0.15, -0.1) is 5.10 Å². The Hall–Kier alpha value is -0.520. The number of aromatic nitrogens is 2. The molecule has 0 radical (unpaired) electrons. The maximum Gasteiger partial charge on any atom is 0.0769 e. The molecule has 2 heterocycles. The van der Waals surface area contributed by atoms with Crippen LogP contribution in [0, 0.1) is 6.92 Å². The second-order valence-corrected chi connectivity index (χ2v) is 5.55. The molecule has 1 aliphatic heterocycles. The van der Waals surface area contributed by atoms with Crippen molar-refractivity contribution < 1.29 is 0 Å². The first-order chi connectivity index (χ1) is 8.36. The predicted octanol–water partition coefficient (Wildman–Crippen LogP) is 1.81. The third-order valence-electron chi connectivity index (χ3n) is 3.31. The van der Waals surface area contributed by atoms with Gasteiger partial charge in [0.1, 0.15) is 0 Å². The molecule has 0 aromatic carbocycles. The summed E-state index contributed by atoms with van der Waals surface area (Å²) >= 11 is 1.50. The summed E-state index contributed by atoms with van der Waals surface area (Å²) in [6.45, 7) is 7.88. The molecule has 0 bridgehead atoms. The van der Waals surface area contributed by atoms with Crippen molar-refractivity contribution in [1.82, 2.24) is 19.8 Å². The van der Waals surface area contributed by atoms with E-state index in [1.54, 1.807) is 0 Å². The molecule has 0 unspecified atom stereocenters. The van der Waals surface area contributed by atoms with E-state index in [1.807, 2.05) is 6.92 Å². The van der Waals surface area contributed by atoms with Crippen molar-refractivity contribution in [1.29, 1.82) is 0 Å². The van der Waals surface area contributed by atoms with Gasteiger partial charge in [0.15, 0.2) is 0 Å². The van der Waals surface area contributed by atoms with Gasteiger partial charge < -0.3 is 10.2 Å². The summed E-state index contributed by atoms with van der Waals surface area (Å²) in [5.74, 6) is 0. The molecule has 1 aliphatic rings. The van der Waals surface area contributed by atoms with Crippen LogP contribution in [-0.4, -0.2) is 40.7 Å². The number of hydrogen-bond donors (Lipinski definition) is 1. The molecule has 0 atom stereocenters. The molecule has 1 N–H and O–H groups in total. The molecule has 1 saturated heterocycles. The second kappa shape index (κ2) is 7.03. The van der Waals surface area contributed by atoms with Crippen molar-refractivity contribution in [3.8, 4) is 0 Å². The molecule has 0 spiro atoms. The lowest BCUT2D eigenvalue weighted by Crippen LogP contribution is -2.32. The second-order valence-electron chi connectivity index (χ2n) is 4.71. The predicted molar refractivity (Wildman–Crippen MR) is 71.3 cm³/mol. The van der Waals surface area contributed by atoms with E-state index in [0.717, 1.165) is 18.8 Å². The summed E-state index contributed by atoms with van der Waals surface area (Å²) in [5.41, 5.74) is 1.07. The Kier molecular flexibility index (Phi) is 5.35. The fourth-order valence-electron chi connectivity index (χ4n) is 2.23.